The zero-order chi connectivity index (χ0) is 14.2. The minimum Gasteiger partial charge on any atom is -0.382 e. The van der Waals surface area contributed by atoms with E-state index in [9.17, 15) is 0 Å². The van der Waals surface area contributed by atoms with E-state index >= 15 is 0 Å². The number of nitrogen functional groups attached to an aromatic ring is 1. The van der Waals surface area contributed by atoms with Crippen LogP contribution in [0.3, 0.4) is 0 Å². The molecule has 1 aromatic heterocycles. The van der Waals surface area contributed by atoms with E-state index in [1.54, 1.807) is 0 Å². The van der Waals surface area contributed by atoms with Crippen molar-refractivity contribution in [3.05, 3.63) is 11.8 Å². The van der Waals surface area contributed by atoms with Gasteiger partial charge in [0, 0.05) is 19.6 Å². The van der Waals surface area contributed by atoms with Crippen molar-refractivity contribution in [3.63, 3.8) is 0 Å². The third kappa shape index (κ3) is 2.29. The predicted molar refractivity (Wildman–Crippen MR) is 77.2 cm³/mol. The summed E-state index contributed by atoms with van der Waals surface area (Å²) in [6.07, 6.45) is 5.18. The summed E-state index contributed by atoms with van der Waals surface area (Å²) in [5.41, 5.74) is 6.60. The molecule has 0 saturated carbocycles. The van der Waals surface area contributed by atoms with Crippen LogP contribution < -0.4 is 10.6 Å². The lowest BCUT2D eigenvalue weighted by molar-refractivity contribution is 0.221. The maximum absolute atomic E-state index is 8.86. The molecule has 0 unspecified atom stereocenters. The fraction of sp³-hybridized carbons (Fsp3) is 0.643. The van der Waals surface area contributed by atoms with Gasteiger partial charge in [0.15, 0.2) is 0 Å². The van der Waals surface area contributed by atoms with Crippen LogP contribution in [0.2, 0.25) is 0 Å². The highest BCUT2D eigenvalue weighted by atomic mass is 15.3. The van der Waals surface area contributed by atoms with E-state index in [1.807, 2.05) is 6.07 Å². The van der Waals surface area contributed by atoms with Gasteiger partial charge in [-0.3, -0.25) is 0 Å². The minimum atomic E-state index is 0.276. The van der Waals surface area contributed by atoms with Crippen molar-refractivity contribution in [1.82, 2.24) is 14.9 Å². The zero-order valence-corrected chi connectivity index (χ0v) is 11.8. The molecule has 106 valence electrons. The molecule has 6 nitrogen and oxygen atoms in total. The summed E-state index contributed by atoms with van der Waals surface area (Å²) >= 11 is 0. The fourth-order valence-electron chi connectivity index (χ4n) is 3.37. The van der Waals surface area contributed by atoms with E-state index in [4.69, 9.17) is 11.0 Å². The Labute approximate surface area is 119 Å². The van der Waals surface area contributed by atoms with E-state index in [1.165, 1.54) is 38.5 Å². The molecule has 2 N–H and O–H groups in total. The van der Waals surface area contributed by atoms with Gasteiger partial charge in [-0.05, 0) is 38.3 Å². The summed E-state index contributed by atoms with van der Waals surface area (Å²) in [4.78, 5) is 13.1. The highest BCUT2D eigenvalue weighted by Gasteiger charge is 2.39. The molecule has 0 aromatic carbocycles. The summed E-state index contributed by atoms with van der Waals surface area (Å²) in [6, 6.07) is 2.00. The molecule has 0 bridgehead atoms. The fourth-order valence-corrected chi connectivity index (χ4v) is 3.37. The molecule has 0 amide bonds. The molecule has 3 rings (SSSR count). The van der Waals surface area contributed by atoms with Crippen LogP contribution in [0, 0.1) is 16.7 Å². The van der Waals surface area contributed by atoms with Crippen LogP contribution in [0.15, 0.2) is 6.20 Å². The van der Waals surface area contributed by atoms with Crippen molar-refractivity contribution in [2.45, 2.75) is 19.3 Å². The number of hydrogen-bond donors (Lipinski definition) is 1. The zero-order valence-electron chi connectivity index (χ0n) is 11.8. The number of anilines is 2. The topological polar surface area (TPSA) is 82.1 Å². The Morgan fingerprint density at radius 2 is 2.00 bits per heavy atom. The molecular formula is C14H20N6. The van der Waals surface area contributed by atoms with Gasteiger partial charge in [-0.15, -0.1) is 0 Å². The van der Waals surface area contributed by atoms with E-state index in [-0.39, 0.29) is 5.82 Å². The highest BCUT2D eigenvalue weighted by Crippen LogP contribution is 2.40. The second kappa shape index (κ2) is 4.91. The third-order valence-electron chi connectivity index (χ3n) is 4.66. The van der Waals surface area contributed by atoms with Crippen LogP contribution in [0.1, 0.15) is 24.8 Å². The average Bonchev–Trinajstić information content (AvgIpc) is 2.81. The Balaban J connectivity index is 1.69. The number of aromatic nitrogens is 2. The second-order valence-corrected chi connectivity index (χ2v) is 6.06. The van der Waals surface area contributed by atoms with Crippen molar-refractivity contribution in [2.24, 2.45) is 5.41 Å². The molecule has 0 radical (unpaired) electrons. The number of likely N-dealkylation sites (tertiary alicyclic amines) is 1. The lowest BCUT2D eigenvalue weighted by Gasteiger charge is -2.39. The van der Waals surface area contributed by atoms with Gasteiger partial charge in [0.1, 0.15) is 17.5 Å². The van der Waals surface area contributed by atoms with Gasteiger partial charge < -0.3 is 15.5 Å². The molecule has 2 saturated heterocycles. The largest absolute Gasteiger partial charge is 0.382 e. The standard InChI is InChI=1S/C14H20N6/c1-19-5-2-14(10-19)3-6-20(7-4-14)13-17-9-11(8-15)12(16)18-13/h9H,2-7,10H2,1H3,(H2,16,17,18). The summed E-state index contributed by atoms with van der Waals surface area (Å²) in [7, 11) is 2.20. The quantitative estimate of drug-likeness (QED) is 0.816. The van der Waals surface area contributed by atoms with E-state index in [0.29, 0.717) is 16.9 Å². The minimum absolute atomic E-state index is 0.276. The molecule has 0 aliphatic carbocycles. The van der Waals surface area contributed by atoms with E-state index < -0.39 is 0 Å². The van der Waals surface area contributed by atoms with Crippen LogP contribution in [0.4, 0.5) is 11.8 Å². The van der Waals surface area contributed by atoms with Crippen LogP contribution in [0.25, 0.3) is 0 Å². The normalized spacial score (nSPS) is 22.1. The number of piperidine rings is 1. The number of nitrogens with zero attached hydrogens (tertiary/aromatic N) is 5. The smallest absolute Gasteiger partial charge is 0.227 e. The first-order valence-corrected chi connectivity index (χ1v) is 7.08. The molecule has 0 atom stereocenters. The third-order valence-corrected chi connectivity index (χ3v) is 4.66. The van der Waals surface area contributed by atoms with Gasteiger partial charge in [-0.25, -0.2) is 4.98 Å². The SMILES string of the molecule is CN1CCC2(CCN(c3ncc(C#N)c(N)n3)CC2)C1. The van der Waals surface area contributed by atoms with Crippen molar-refractivity contribution < 1.29 is 0 Å². The second-order valence-electron chi connectivity index (χ2n) is 6.06. The van der Waals surface area contributed by atoms with Crippen LogP contribution in [-0.2, 0) is 0 Å². The molecule has 20 heavy (non-hydrogen) atoms. The molecule has 2 aliphatic rings. The van der Waals surface area contributed by atoms with Gasteiger partial charge in [0.2, 0.25) is 5.95 Å². The van der Waals surface area contributed by atoms with Gasteiger partial charge >= 0.3 is 0 Å². The first-order chi connectivity index (χ1) is 9.62. The highest BCUT2D eigenvalue weighted by molar-refractivity contribution is 5.50. The van der Waals surface area contributed by atoms with Gasteiger partial charge in [-0.2, -0.15) is 10.2 Å². The van der Waals surface area contributed by atoms with Crippen molar-refractivity contribution in [1.29, 1.82) is 5.26 Å². The molecule has 1 spiro atoms. The van der Waals surface area contributed by atoms with E-state index in [0.717, 1.165) is 13.1 Å². The van der Waals surface area contributed by atoms with Crippen LogP contribution in [-0.4, -0.2) is 48.1 Å². The number of hydrogen-bond acceptors (Lipinski definition) is 6. The molecule has 3 heterocycles. The first-order valence-electron chi connectivity index (χ1n) is 7.08. The lowest BCUT2D eigenvalue weighted by Crippen LogP contribution is -2.42. The monoisotopic (exact) mass is 272 g/mol. The van der Waals surface area contributed by atoms with Crippen LogP contribution in [0.5, 0.6) is 0 Å². The lowest BCUT2D eigenvalue weighted by atomic mass is 9.78. The van der Waals surface area contributed by atoms with Gasteiger partial charge in [0.25, 0.3) is 0 Å². The Kier molecular flexibility index (Phi) is 3.22. The summed E-state index contributed by atoms with van der Waals surface area (Å²) < 4.78 is 0. The van der Waals surface area contributed by atoms with Crippen molar-refractivity contribution >= 4 is 11.8 Å². The molecular weight excluding hydrogens is 252 g/mol. The number of nitriles is 1. The summed E-state index contributed by atoms with van der Waals surface area (Å²) in [6.45, 7) is 4.36. The maximum Gasteiger partial charge on any atom is 0.227 e. The van der Waals surface area contributed by atoms with Gasteiger partial charge in [-0.1, -0.05) is 0 Å². The Morgan fingerprint density at radius 3 is 2.55 bits per heavy atom. The molecule has 6 heteroatoms. The van der Waals surface area contributed by atoms with Crippen molar-refractivity contribution in [3.8, 4) is 6.07 Å². The maximum atomic E-state index is 8.86. The number of nitrogens with two attached hydrogens (primary N) is 1. The van der Waals surface area contributed by atoms with Crippen molar-refractivity contribution in [2.75, 3.05) is 43.9 Å². The van der Waals surface area contributed by atoms with E-state index in [2.05, 4.69) is 26.8 Å². The summed E-state index contributed by atoms with van der Waals surface area (Å²) in [5.74, 6) is 0.932. The molecule has 2 fully saturated rings. The van der Waals surface area contributed by atoms with Crippen LogP contribution >= 0.6 is 0 Å². The average molecular weight is 272 g/mol. The Hall–Kier alpha value is -1.87. The van der Waals surface area contributed by atoms with Gasteiger partial charge in [0.05, 0.1) is 6.20 Å². The Morgan fingerprint density at radius 1 is 1.30 bits per heavy atom. The number of rotatable bonds is 1. The Bertz CT molecular complexity index is 541. The predicted octanol–water partition coefficient (Wildman–Crippen LogP) is 0.853. The summed E-state index contributed by atoms with van der Waals surface area (Å²) in [5, 5.41) is 8.86. The molecule has 2 aliphatic heterocycles. The first kappa shape index (κ1) is 13.1. The molecule has 1 aromatic rings.